The number of carbonyl (C=O) groups is 2. The minimum atomic E-state index is -1.16. The largest absolute Gasteiger partial charge is 0.466 e. The lowest BCUT2D eigenvalue weighted by atomic mass is 9.91. The minimum Gasteiger partial charge on any atom is -0.466 e. The van der Waals surface area contributed by atoms with Crippen molar-refractivity contribution in [3.8, 4) is 6.07 Å². The van der Waals surface area contributed by atoms with Gasteiger partial charge in [0.15, 0.2) is 0 Å². The molecule has 1 aromatic carbocycles. The molecule has 0 saturated heterocycles. The van der Waals surface area contributed by atoms with Crippen LogP contribution in [-0.2, 0) is 19.1 Å². The molecule has 0 N–H and O–H groups in total. The molecule has 2 rings (SSSR count). The van der Waals surface area contributed by atoms with Gasteiger partial charge in [-0.15, -0.1) is 6.58 Å². The lowest BCUT2D eigenvalue weighted by molar-refractivity contribution is -0.177. The summed E-state index contributed by atoms with van der Waals surface area (Å²) >= 11 is 5.71. The summed E-state index contributed by atoms with van der Waals surface area (Å²) in [5.41, 5.74) is 1.90. The van der Waals surface area contributed by atoms with Gasteiger partial charge in [-0.1, -0.05) is 29.3 Å². The molecule has 0 radical (unpaired) electrons. The Morgan fingerprint density at radius 3 is 2.37 bits per heavy atom. The molecule has 146 valence electrons. The van der Waals surface area contributed by atoms with Gasteiger partial charge < -0.3 is 9.47 Å². The molecule has 0 fully saturated rings. The first kappa shape index (κ1) is 24.4. The van der Waals surface area contributed by atoms with E-state index in [1.807, 2.05) is 32.9 Å². The summed E-state index contributed by atoms with van der Waals surface area (Å²) in [6.45, 7) is 12.3. The molecule has 1 aliphatic heterocycles. The van der Waals surface area contributed by atoms with Crippen LogP contribution in [-0.4, -0.2) is 24.6 Å². The molecule has 6 heteroatoms. The van der Waals surface area contributed by atoms with E-state index in [4.69, 9.17) is 21.6 Å². The number of rotatable bonds is 1. The maximum atomic E-state index is 11.4. The number of halogens is 1. The molecule has 1 unspecified atom stereocenters. The van der Waals surface area contributed by atoms with Crippen molar-refractivity contribution in [2.45, 2.75) is 46.6 Å². The van der Waals surface area contributed by atoms with Crippen LogP contribution in [0.5, 0.6) is 0 Å². The van der Waals surface area contributed by atoms with E-state index in [0.717, 1.165) is 11.1 Å². The first-order valence-corrected chi connectivity index (χ1v) is 8.65. The summed E-state index contributed by atoms with van der Waals surface area (Å²) in [7, 11) is 1.28. The van der Waals surface area contributed by atoms with Crippen LogP contribution in [0, 0.1) is 18.3 Å². The van der Waals surface area contributed by atoms with Crippen LogP contribution in [0.1, 0.15) is 45.2 Å². The van der Waals surface area contributed by atoms with Crippen LogP contribution in [0.15, 0.2) is 42.0 Å². The maximum absolute atomic E-state index is 11.4. The van der Waals surface area contributed by atoms with Crippen LogP contribution in [0.3, 0.4) is 0 Å². The average Bonchev–Trinajstić information content (AvgIpc) is 2.60. The fourth-order valence-corrected chi connectivity index (χ4v) is 2.45. The number of ether oxygens (including phenoxy) is 2. The molecule has 0 spiro atoms. The second kappa shape index (κ2) is 11.2. The van der Waals surface area contributed by atoms with Crippen LogP contribution >= 0.6 is 11.6 Å². The van der Waals surface area contributed by atoms with Crippen molar-refractivity contribution in [3.63, 3.8) is 0 Å². The van der Waals surface area contributed by atoms with Crippen molar-refractivity contribution in [3.05, 3.63) is 58.1 Å². The van der Waals surface area contributed by atoms with E-state index in [0.29, 0.717) is 22.6 Å². The number of carbonyl (C=O) groups excluding carboxylic acids is 2. The summed E-state index contributed by atoms with van der Waals surface area (Å²) in [6.07, 6.45) is 2.15. The Balaban J connectivity index is 0.000000455. The van der Waals surface area contributed by atoms with Crippen molar-refractivity contribution in [1.29, 1.82) is 5.26 Å². The quantitative estimate of drug-likeness (QED) is 0.502. The van der Waals surface area contributed by atoms with Gasteiger partial charge in [-0.05, 0) is 52.3 Å². The summed E-state index contributed by atoms with van der Waals surface area (Å²) in [4.78, 5) is 22.7. The second-order valence-electron chi connectivity index (χ2n) is 6.20. The van der Waals surface area contributed by atoms with Crippen molar-refractivity contribution >= 4 is 23.5 Å². The van der Waals surface area contributed by atoms with Crippen LogP contribution in [0.2, 0.25) is 5.02 Å². The highest BCUT2D eigenvalue weighted by atomic mass is 35.5. The number of hydrogen-bond donors (Lipinski definition) is 0. The molecule has 1 aromatic rings. The van der Waals surface area contributed by atoms with Gasteiger partial charge in [-0.2, -0.15) is 5.26 Å². The number of cyclic esters (lactones) is 1. The summed E-state index contributed by atoms with van der Waals surface area (Å²) in [5, 5.41) is 9.00. The Labute approximate surface area is 166 Å². The number of nitriles is 1. The highest BCUT2D eigenvalue weighted by Gasteiger charge is 2.42. The van der Waals surface area contributed by atoms with Gasteiger partial charge in [0.25, 0.3) is 0 Å². The topological polar surface area (TPSA) is 76.4 Å². The zero-order valence-corrected chi connectivity index (χ0v) is 17.4. The highest BCUT2D eigenvalue weighted by molar-refractivity contribution is 6.31. The van der Waals surface area contributed by atoms with Crippen molar-refractivity contribution in [2.75, 3.05) is 7.11 Å². The number of allylic oxidation sites excluding steroid dienone is 1. The first-order valence-electron chi connectivity index (χ1n) is 8.27. The predicted octanol–water partition coefficient (Wildman–Crippen LogP) is 4.91. The maximum Gasteiger partial charge on any atom is 0.350 e. The van der Waals surface area contributed by atoms with Gasteiger partial charge >= 0.3 is 11.9 Å². The Hall–Kier alpha value is -2.58. The van der Waals surface area contributed by atoms with Gasteiger partial charge in [0, 0.05) is 12.0 Å². The molecule has 1 heterocycles. The summed E-state index contributed by atoms with van der Waals surface area (Å²) in [5.74, 6) is -0.959. The van der Waals surface area contributed by atoms with Gasteiger partial charge in [0.05, 0.1) is 17.7 Å². The zero-order chi connectivity index (χ0) is 21.2. The smallest absolute Gasteiger partial charge is 0.350 e. The van der Waals surface area contributed by atoms with Crippen molar-refractivity contribution < 1.29 is 19.1 Å². The Kier molecular flexibility index (Phi) is 10.1. The number of aryl methyl sites for hydroxylation is 1. The molecule has 27 heavy (non-hydrogen) atoms. The van der Waals surface area contributed by atoms with E-state index in [1.165, 1.54) is 7.11 Å². The Morgan fingerprint density at radius 2 is 1.96 bits per heavy atom. The van der Waals surface area contributed by atoms with E-state index in [1.54, 1.807) is 32.1 Å². The number of hydrogen-bond acceptors (Lipinski definition) is 5. The molecule has 0 amide bonds. The second-order valence-corrected chi connectivity index (χ2v) is 6.60. The van der Waals surface area contributed by atoms with Gasteiger partial charge in [0.2, 0.25) is 5.60 Å². The number of nitrogens with zero attached hydrogens (tertiary/aromatic N) is 1. The molecule has 0 saturated carbocycles. The molecule has 5 nitrogen and oxygen atoms in total. The average molecular weight is 392 g/mol. The fraction of sp³-hybridized carbons (Fsp3) is 0.381. The highest BCUT2D eigenvalue weighted by Crippen LogP contribution is 2.30. The number of esters is 2. The Bertz CT molecular complexity index is 777. The number of methoxy groups -OCH3 is 1. The number of benzene rings is 1. The third-order valence-electron chi connectivity index (χ3n) is 3.73. The zero-order valence-electron chi connectivity index (χ0n) is 16.7. The SMILES string of the molecule is C=CC.COC(=O)C1(C)CC(C)=C(C)C(=O)O1.Cc1ccc(C#N)c(Cl)c1. The molecular formula is C21H26ClNO4. The summed E-state index contributed by atoms with van der Waals surface area (Å²) in [6, 6.07) is 7.35. The van der Waals surface area contributed by atoms with Crippen LogP contribution < -0.4 is 0 Å². The van der Waals surface area contributed by atoms with E-state index in [2.05, 4.69) is 11.3 Å². The fourth-order valence-electron chi connectivity index (χ4n) is 2.17. The first-order chi connectivity index (χ1) is 12.6. The molecular weight excluding hydrogens is 366 g/mol. The minimum absolute atomic E-state index is 0.400. The molecule has 0 aliphatic carbocycles. The lowest BCUT2D eigenvalue weighted by Gasteiger charge is -2.31. The Morgan fingerprint density at radius 1 is 1.41 bits per heavy atom. The third-order valence-corrected chi connectivity index (χ3v) is 4.04. The van der Waals surface area contributed by atoms with E-state index < -0.39 is 17.5 Å². The van der Waals surface area contributed by atoms with Crippen molar-refractivity contribution in [2.24, 2.45) is 0 Å². The standard InChI is InChI=1S/C10H14O4.C8H6ClN.C3H6/c1-6-5-10(3,9(12)13-4)14-8(11)7(6)2;1-6-2-3-7(5-10)8(9)4-6;1-3-2/h5H2,1-4H3;2-4H,1H3;3H,1H2,2H3. The van der Waals surface area contributed by atoms with Crippen LogP contribution in [0.4, 0.5) is 0 Å². The van der Waals surface area contributed by atoms with E-state index >= 15 is 0 Å². The van der Waals surface area contributed by atoms with Gasteiger partial charge in [-0.3, -0.25) is 0 Å². The molecule has 1 aliphatic rings. The van der Waals surface area contributed by atoms with E-state index in [-0.39, 0.29) is 0 Å². The normalized spacial score (nSPS) is 17.9. The molecule has 0 aromatic heterocycles. The van der Waals surface area contributed by atoms with Crippen LogP contribution in [0.25, 0.3) is 0 Å². The van der Waals surface area contributed by atoms with Crippen molar-refractivity contribution in [1.82, 2.24) is 0 Å². The molecule has 1 atom stereocenters. The monoisotopic (exact) mass is 391 g/mol. The molecule has 0 bridgehead atoms. The lowest BCUT2D eigenvalue weighted by Crippen LogP contribution is -2.44. The third kappa shape index (κ3) is 7.28. The predicted molar refractivity (Wildman–Crippen MR) is 106 cm³/mol. The summed E-state index contributed by atoms with van der Waals surface area (Å²) < 4.78 is 9.62. The van der Waals surface area contributed by atoms with Gasteiger partial charge in [0.1, 0.15) is 6.07 Å². The van der Waals surface area contributed by atoms with Gasteiger partial charge in [-0.25, -0.2) is 9.59 Å². The van der Waals surface area contributed by atoms with E-state index in [9.17, 15) is 9.59 Å².